The first kappa shape index (κ1) is 15.0. The zero-order valence-electron chi connectivity index (χ0n) is 11.3. The van der Waals surface area contributed by atoms with Gasteiger partial charge in [0.1, 0.15) is 6.04 Å². The maximum absolute atomic E-state index is 12.1. The monoisotopic (exact) mass is 257 g/mol. The molecule has 0 saturated carbocycles. The molecule has 0 aliphatic carbocycles. The molecule has 0 spiro atoms. The van der Waals surface area contributed by atoms with Gasteiger partial charge in [0.15, 0.2) is 0 Å². The van der Waals surface area contributed by atoms with Crippen LogP contribution in [-0.4, -0.2) is 35.7 Å². The topological polar surface area (TPSA) is 75.6 Å². The van der Waals surface area contributed by atoms with Gasteiger partial charge in [-0.3, -0.25) is 4.79 Å². The SMILES string of the molecule is CCC(C)C(NC(=O)C1CCOC1CC)C(=O)O. The van der Waals surface area contributed by atoms with Gasteiger partial charge in [0.2, 0.25) is 5.91 Å². The lowest BCUT2D eigenvalue weighted by Gasteiger charge is -2.23. The molecular weight excluding hydrogens is 234 g/mol. The molecule has 0 aromatic rings. The van der Waals surface area contributed by atoms with Crippen molar-refractivity contribution < 1.29 is 19.4 Å². The van der Waals surface area contributed by atoms with Crippen molar-refractivity contribution in [3.63, 3.8) is 0 Å². The fraction of sp³-hybridized carbons (Fsp3) is 0.846. The minimum absolute atomic E-state index is 0.0728. The molecule has 1 heterocycles. The summed E-state index contributed by atoms with van der Waals surface area (Å²) in [5.41, 5.74) is 0. The average molecular weight is 257 g/mol. The molecule has 1 saturated heterocycles. The third-order valence-electron chi connectivity index (χ3n) is 3.73. The van der Waals surface area contributed by atoms with E-state index in [9.17, 15) is 9.59 Å². The number of rotatable bonds is 6. The Morgan fingerprint density at radius 1 is 1.44 bits per heavy atom. The van der Waals surface area contributed by atoms with Crippen LogP contribution in [0.3, 0.4) is 0 Å². The number of aliphatic carboxylic acids is 1. The summed E-state index contributed by atoms with van der Waals surface area (Å²) in [6.45, 7) is 6.30. The Balaban J connectivity index is 2.63. The van der Waals surface area contributed by atoms with E-state index in [2.05, 4.69) is 5.32 Å². The quantitative estimate of drug-likeness (QED) is 0.754. The highest BCUT2D eigenvalue weighted by molar-refractivity contribution is 5.85. The second kappa shape index (κ2) is 6.73. The molecule has 4 unspecified atom stereocenters. The summed E-state index contributed by atoms with van der Waals surface area (Å²) in [5.74, 6) is -1.44. The Bertz CT molecular complexity index is 305. The molecule has 1 aliphatic rings. The number of hydrogen-bond donors (Lipinski definition) is 2. The van der Waals surface area contributed by atoms with Gasteiger partial charge < -0.3 is 15.2 Å². The maximum atomic E-state index is 12.1. The third kappa shape index (κ3) is 3.45. The van der Waals surface area contributed by atoms with Crippen molar-refractivity contribution in [1.29, 1.82) is 0 Å². The Hall–Kier alpha value is -1.10. The standard InChI is InChI=1S/C13H23NO4/c1-4-8(3)11(13(16)17)14-12(15)9-6-7-18-10(9)5-2/h8-11H,4-7H2,1-3H3,(H,14,15)(H,16,17). The number of carboxylic acids is 1. The molecule has 5 heteroatoms. The highest BCUT2D eigenvalue weighted by atomic mass is 16.5. The minimum atomic E-state index is -0.968. The number of ether oxygens (including phenoxy) is 1. The highest BCUT2D eigenvalue weighted by Crippen LogP contribution is 2.24. The van der Waals surface area contributed by atoms with Crippen molar-refractivity contribution in [2.24, 2.45) is 11.8 Å². The van der Waals surface area contributed by atoms with E-state index in [0.717, 1.165) is 12.8 Å². The minimum Gasteiger partial charge on any atom is -0.480 e. The van der Waals surface area contributed by atoms with Crippen LogP contribution < -0.4 is 5.32 Å². The van der Waals surface area contributed by atoms with Crippen molar-refractivity contribution in [1.82, 2.24) is 5.32 Å². The summed E-state index contributed by atoms with van der Waals surface area (Å²) in [6, 6.07) is -0.805. The number of nitrogens with one attached hydrogen (secondary N) is 1. The maximum Gasteiger partial charge on any atom is 0.326 e. The first-order valence-electron chi connectivity index (χ1n) is 6.66. The van der Waals surface area contributed by atoms with Crippen molar-refractivity contribution in [3.8, 4) is 0 Å². The van der Waals surface area contributed by atoms with Crippen LogP contribution in [0.1, 0.15) is 40.0 Å². The van der Waals surface area contributed by atoms with E-state index in [4.69, 9.17) is 9.84 Å². The molecule has 1 fully saturated rings. The van der Waals surface area contributed by atoms with Crippen LogP contribution in [0.2, 0.25) is 0 Å². The molecule has 0 aromatic carbocycles. The van der Waals surface area contributed by atoms with Gasteiger partial charge in [0, 0.05) is 6.61 Å². The molecular formula is C13H23NO4. The Labute approximate surface area is 108 Å². The van der Waals surface area contributed by atoms with Gasteiger partial charge in [-0.15, -0.1) is 0 Å². The number of carboxylic acid groups (broad SMARTS) is 1. The molecule has 104 valence electrons. The van der Waals surface area contributed by atoms with E-state index in [1.54, 1.807) is 0 Å². The molecule has 18 heavy (non-hydrogen) atoms. The second-order valence-electron chi connectivity index (χ2n) is 4.92. The summed E-state index contributed by atoms with van der Waals surface area (Å²) in [5, 5.41) is 11.8. The predicted octanol–water partition coefficient (Wildman–Crippen LogP) is 1.42. The van der Waals surface area contributed by atoms with E-state index < -0.39 is 12.0 Å². The normalized spacial score (nSPS) is 26.6. The van der Waals surface area contributed by atoms with Crippen molar-refractivity contribution in [2.45, 2.75) is 52.2 Å². The van der Waals surface area contributed by atoms with Gasteiger partial charge in [0.05, 0.1) is 12.0 Å². The molecule has 1 aliphatic heterocycles. The Kier molecular flexibility index (Phi) is 5.59. The fourth-order valence-electron chi connectivity index (χ4n) is 2.29. The van der Waals surface area contributed by atoms with Crippen LogP contribution in [0.4, 0.5) is 0 Å². The average Bonchev–Trinajstić information content (AvgIpc) is 2.82. The first-order valence-corrected chi connectivity index (χ1v) is 6.66. The number of carbonyl (C=O) groups excluding carboxylic acids is 1. The second-order valence-corrected chi connectivity index (χ2v) is 4.92. The summed E-state index contributed by atoms with van der Waals surface area (Å²) >= 11 is 0. The number of carbonyl (C=O) groups is 2. The van der Waals surface area contributed by atoms with Gasteiger partial charge in [-0.25, -0.2) is 4.79 Å². The zero-order valence-corrected chi connectivity index (χ0v) is 11.3. The van der Waals surface area contributed by atoms with Crippen molar-refractivity contribution in [3.05, 3.63) is 0 Å². The molecule has 5 nitrogen and oxygen atoms in total. The Morgan fingerprint density at radius 2 is 2.11 bits per heavy atom. The summed E-state index contributed by atoms with van der Waals surface area (Å²) in [6.07, 6.45) is 2.10. The van der Waals surface area contributed by atoms with Crippen LogP contribution in [-0.2, 0) is 14.3 Å². The molecule has 0 bridgehead atoms. The Morgan fingerprint density at radius 3 is 2.61 bits per heavy atom. The lowest BCUT2D eigenvalue weighted by atomic mass is 9.95. The van der Waals surface area contributed by atoms with E-state index in [-0.39, 0.29) is 23.8 Å². The largest absolute Gasteiger partial charge is 0.480 e. The fourth-order valence-corrected chi connectivity index (χ4v) is 2.29. The van der Waals surface area contributed by atoms with Crippen LogP contribution in [0.15, 0.2) is 0 Å². The molecule has 1 rings (SSSR count). The lowest BCUT2D eigenvalue weighted by molar-refractivity contribution is -0.144. The van der Waals surface area contributed by atoms with Crippen molar-refractivity contribution >= 4 is 11.9 Å². The van der Waals surface area contributed by atoms with Gasteiger partial charge in [-0.1, -0.05) is 27.2 Å². The first-order chi connectivity index (χ1) is 8.51. The van der Waals surface area contributed by atoms with Gasteiger partial charge >= 0.3 is 5.97 Å². The smallest absolute Gasteiger partial charge is 0.326 e. The van der Waals surface area contributed by atoms with Gasteiger partial charge in [-0.05, 0) is 18.8 Å². The van der Waals surface area contributed by atoms with Crippen LogP contribution in [0, 0.1) is 11.8 Å². The molecule has 4 atom stereocenters. The van der Waals surface area contributed by atoms with E-state index in [0.29, 0.717) is 13.0 Å². The summed E-state index contributed by atoms with van der Waals surface area (Å²) in [4.78, 5) is 23.3. The van der Waals surface area contributed by atoms with Crippen LogP contribution >= 0.6 is 0 Å². The predicted molar refractivity (Wildman–Crippen MR) is 67.2 cm³/mol. The summed E-state index contributed by atoms with van der Waals surface area (Å²) in [7, 11) is 0. The molecule has 1 amide bonds. The summed E-state index contributed by atoms with van der Waals surface area (Å²) < 4.78 is 5.46. The van der Waals surface area contributed by atoms with E-state index in [1.165, 1.54) is 0 Å². The van der Waals surface area contributed by atoms with Gasteiger partial charge in [0.25, 0.3) is 0 Å². The number of amides is 1. The van der Waals surface area contributed by atoms with Crippen LogP contribution in [0.25, 0.3) is 0 Å². The lowest BCUT2D eigenvalue weighted by Crippen LogP contribution is -2.48. The van der Waals surface area contributed by atoms with E-state index >= 15 is 0 Å². The number of hydrogen-bond acceptors (Lipinski definition) is 3. The van der Waals surface area contributed by atoms with Crippen LogP contribution in [0.5, 0.6) is 0 Å². The molecule has 0 aromatic heterocycles. The highest BCUT2D eigenvalue weighted by Gasteiger charge is 2.35. The van der Waals surface area contributed by atoms with Crippen molar-refractivity contribution in [2.75, 3.05) is 6.61 Å². The van der Waals surface area contributed by atoms with Gasteiger partial charge in [-0.2, -0.15) is 0 Å². The van der Waals surface area contributed by atoms with E-state index in [1.807, 2.05) is 20.8 Å². The molecule has 0 radical (unpaired) electrons. The third-order valence-corrected chi connectivity index (χ3v) is 3.73. The molecule has 2 N–H and O–H groups in total. The zero-order chi connectivity index (χ0) is 13.7.